The first kappa shape index (κ1) is 21.0. The topological polar surface area (TPSA) is 149 Å². The zero-order valence-electron chi connectivity index (χ0n) is 13.0. The smallest absolute Gasteiger partial charge is 0.187 e. The Morgan fingerprint density at radius 3 is 2.13 bits per heavy atom. The van der Waals surface area contributed by atoms with Crippen LogP contribution in [0.25, 0.3) is 0 Å². The molecule has 0 aromatic rings. The molecular weight excluding hydrogens is 332 g/mol. The van der Waals surface area contributed by atoms with Gasteiger partial charge in [-0.25, -0.2) is 0 Å². The molecule has 138 valence electrons. The van der Waals surface area contributed by atoms with Crippen molar-refractivity contribution < 1.29 is 44.8 Å². The zero-order chi connectivity index (χ0) is 17.7. The average molecular weight is 358 g/mol. The lowest BCUT2D eigenvalue weighted by molar-refractivity contribution is -0.312. The summed E-state index contributed by atoms with van der Waals surface area (Å²) in [5.74, 6) is 0.104. The van der Waals surface area contributed by atoms with E-state index in [1.165, 1.54) is 13.8 Å². The second-order valence-electron chi connectivity index (χ2n) is 5.51. The highest BCUT2D eigenvalue weighted by molar-refractivity contribution is 7.80. The van der Waals surface area contributed by atoms with Crippen LogP contribution in [0.3, 0.4) is 0 Å². The standard InChI is InChI=1S/C13H26O9S/c1-5(7(3-14)20-6(2)12(18)19)21-13-11(17)10(16)9(15)8(4-23)22-13/h5-19,23H,3-4H2,1-2H3. The van der Waals surface area contributed by atoms with Crippen molar-refractivity contribution in [2.45, 2.75) is 69.2 Å². The second kappa shape index (κ2) is 9.47. The van der Waals surface area contributed by atoms with Gasteiger partial charge in [0, 0.05) is 5.75 Å². The Labute approximate surface area is 139 Å². The molecule has 0 saturated carbocycles. The maximum absolute atomic E-state index is 9.93. The molecule has 0 radical (unpaired) electrons. The predicted octanol–water partition coefficient (Wildman–Crippen LogP) is -2.79. The lowest BCUT2D eigenvalue weighted by atomic mass is 10.00. The number of ether oxygens (including phenoxy) is 3. The van der Waals surface area contributed by atoms with E-state index < -0.39 is 61.9 Å². The highest BCUT2D eigenvalue weighted by Gasteiger charge is 2.44. The average Bonchev–Trinajstić information content (AvgIpc) is 2.52. The first-order chi connectivity index (χ1) is 10.7. The molecule has 1 aliphatic rings. The van der Waals surface area contributed by atoms with Crippen molar-refractivity contribution in [3.63, 3.8) is 0 Å². The molecule has 0 spiro atoms. The van der Waals surface area contributed by atoms with Crippen molar-refractivity contribution in [1.29, 1.82) is 0 Å². The van der Waals surface area contributed by atoms with Crippen LogP contribution in [0.4, 0.5) is 0 Å². The molecule has 1 rings (SSSR count). The van der Waals surface area contributed by atoms with Crippen molar-refractivity contribution in [3.8, 4) is 0 Å². The summed E-state index contributed by atoms with van der Waals surface area (Å²) in [7, 11) is 0. The molecule has 0 aromatic heterocycles. The van der Waals surface area contributed by atoms with E-state index >= 15 is 0 Å². The van der Waals surface area contributed by atoms with Gasteiger partial charge in [-0.1, -0.05) is 0 Å². The number of thiol groups is 1. The fourth-order valence-electron chi connectivity index (χ4n) is 2.13. The van der Waals surface area contributed by atoms with Crippen molar-refractivity contribution in [2.75, 3.05) is 12.4 Å². The Hall–Kier alpha value is -0.0100. The Morgan fingerprint density at radius 1 is 1.04 bits per heavy atom. The zero-order valence-corrected chi connectivity index (χ0v) is 13.9. The number of hydrogen-bond acceptors (Lipinski definition) is 10. The monoisotopic (exact) mass is 358 g/mol. The van der Waals surface area contributed by atoms with Gasteiger partial charge >= 0.3 is 0 Å². The molecule has 10 heteroatoms. The fourth-order valence-corrected chi connectivity index (χ4v) is 2.43. The minimum Gasteiger partial charge on any atom is -0.394 e. The molecule has 0 amide bonds. The molecule has 23 heavy (non-hydrogen) atoms. The van der Waals surface area contributed by atoms with Crippen LogP contribution in [0.5, 0.6) is 0 Å². The maximum Gasteiger partial charge on any atom is 0.187 e. The molecule has 0 bridgehead atoms. The summed E-state index contributed by atoms with van der Waals surface area (Å²) in [4.78, 5) is 0. The van der Waals surface area contributed by atoms with Crippen molar-refractivity contribution in [3.05, 3.63) is 0 Å². The van der Waals surface area contributed by atoms with Gasteiger partial charge in [0.15, 0.2) is 12.6 Å². The predicted molar refractivity (Wildman–Crippen MR) is 80.7 cm³/mol. The van der Waals surface area contributed by atoms with Crippen LogP contribution in [0, 0.1) is 0 Å². The van der Waals surface area contributed by atoms with Crippen molar-refractivity contribution in [1.82, 2.24) is 0 Å². The second-order valence-corrected chi connectivity index (χ2v) is 5.88. The minimum atomic E-state index is -1.72. The molecule has 0 aromatic carbocycles. The van der Waals surface area contributed by atoms with E-state index in [0.29, 0.717) is 0 Å². The summed E-state index contributed by atoms with van der Waals surface area (Å²) in [5.41, 5.74) is 0. The molecule has 1 fully saturated rings. The van der Waals surface area contributed by atoms with E-state index in [1.54, 1.807) is 0 Å². The van der Waals surface area contributed by atoms with Crippen LogP contribution in [0.2, 0.25) is 0 Å². The van der Waals surface area contributed by atoms with Crippen LogP contribution in [0.1, 0.15) is 13.8 Å². The minimum absolute atomic E-state index is 0.104. The first-order valence-electron chi connectivity index (χ1n) is 7.31. The van der Waals surface area contributed by atoms with E-state index in [2.05, 4.69) is 12.6 Å². The molecular formula is C13H26O9S. The Morgan fingerprint density at radius 2 is 1.65 bits per heavy atom. The lowest BCUT2D eigenvalue weighted by Crippen LogP contribution is -2.59. The van der Waals surface area contributed by atoms with Gasteiger partial charge in [-0.05, 0) is 13.8 Å². The summed E-state index contributed by atoms with van der Waals surface area (Å²) < 4.78 is 16.1. The maximum atomic E-state index is 9.93. The van der Waals surface area contributed by atoms with Gasteiger partial charge < -0.3 is 44.8 Å². The van der Waals surface area contributed by atoms with Crippen LogP contribution in [0.15, 0.2) is 0 Å². The van der Waals surface area contributed by atoms with E-state index in [1.807, 2.05) is 0 Å². The van der Waals surface area contributed by atoms with Gasteiger partial charge in [-0.2, -0.15) is 12.6 Å². The molecule has 0 aliphatic carbocycles. The highest BCUT2D eigenvalue weighted by atomic mass is 32.1. The van der Waals surface area contributed by atoms with Crippen LogP contribution >= 0.6 is 12.6 Å². The lowest BCUT2D eigenvalue weighted by Gasteiger charge is -2.41. The molecule has 6 N–H and O–H groups in total. The van der Waals surface area contributed by atoms with E-state index in [4.69, 9.17) is 24.4 Å². The van der Waals surface area contributed by atoms with E-state index in [0.717, 1.165) is 0 Å². The molecule has 1 aliphatic heterocycles. The fraction of sp³-hybridized carbons (Fsp3) is 1.00. The quantitative estimate of drug-likeness (QED) is 0.180. The van der Waals surface area contributed by atoms with Gasteiger partial charge in [-0.15, -0.1) is 0 Å². The summed E-state index contributed by atoms with van der Waals surface area (Å²) in [5, 5.41) is 56.8. The van der Waals surface area contributed by atoms with Gasteiger partial charge in [0.25, 0.3) is 0 Å². The molecule has 9 nitrogen and oxygen atoms in total. The van der Waals surface area contributed by atoms with Crippen LogP contribution in [-0.4, -0.2) is 98.3 Å². The molecule has 1 heterocycles. The van der Waals surface area contributed by atoms with E-state index in [-0.39, 0.29) is 5.75 Å². The van der Waals surface area contributed by atoms with Crippen molar-refractivity contribution >= 4 is 12.6 Å². The number of hydrogen-bond donors (Lipinski definition) is 7. The Balaban J connectivity index is 2.67. The summed E-state index contributed by atoms with van der Waals surface area (Å²) in [6, 6.07) is 0. The van der Waals surface area contributed by atoms with Gasteiger partial charge in [0.1, 0.15) is 30.5 Å². The Kier molecular flexibility index (Phi) is 8.66. The first-order valence-corrected chi connectivity index (χ1v) is 7.94. The summed E-state index contributed by atoms with van der Waals surface area (Å²) in [6.07, 6.45) is -10.8. The van der Waals surface area contributed by atoms with Crippen LogP contribution in [-0.2, 0) is 14.2 Å². The molecule has 8 unspecified atom stereocenters. The van der Waals surface area contributed by atoms with Gasteiger partial charge in [0.05, 0.1) is 18.8 Å². The highest BCUT2D eigenvalue weighted by Crippen LogP contribution is 2.24. The van der Waals surface area contributed by atoms with Crippen LogP contribution < -0.4 is 0 Å². The van der Waals surface area contributed by atoms with Gasteiger partial charge in [-0.3, -0.25) is 0 Å². The van der Waals surface area contributed by atoms with Crippen molar-refractivity contribution in [2.24, 2.45) is 0 Å². The summed E-state index contributed by atoms with van der Waals surface area (Å²) >= 11 is 4.00. The molecule has 8 atom stereocenters. The largest absolute Gasteiger partial charge is 0.394 e. The summed E-state index contributed by atoms with van der Waals surface area (Å²) in [6.45, 7) is 2.46. The third-order valence-electron chi connectivity index (χ3n) is 3.71. The van der Waals surface area contributed by atoms with Gasteiger partial charge in [0.2, 0.25) is 0 Å². The SMILES string of the molecule is CC(OC(CO)C(C)OC1OC(CS)C(O)C(O)C1O)C(O)O. The molecule has 1 saturated heterocycles. The number of aliphatic hydroxyl groups is 6. The third kappa shape index (κ3) is 5.49. The Bertz CT molecular complexity index is 343. The third-order valence-corrected chi connectivity index (χ3v) is 4.07. The number of aliphatic hydroxyl groups excluding tert-OH is 5. The number of rotatable bonds is 8. The normalized spacial score (nSPS) is 36.0. The van der Waals surface area contributed by atoms with E-state index in [9.17, 15) is 20.4 Å².